The van der Waals surface area contributed by atoms with Crippen LogP contribution in [0.1, 0.15) is 69.6 Å². The highest BCUT2D eigenvalue weighted by molar-refractivity contribution is 6.07. The van der Waals surface area contributed by atoms with Crippen LogP contribution in [-0.2, 0) is 24.2 Å². The zero-order valence-corrected chi connectivity index (χ0v) is 18.5. The van der Waals surface area contributed by atoms with Gasteiger partial charge in [-0.25, -0.2) is 9.59 Å². The Labute approximate surface area is 182 Å². The van der Waals surface area contributed by atoms with Crippen LogP contribution in [0.5, 0.6) is 0 Å². The minimum Gasteiger partial charge on any atom is -0.423 e. The summed E-state index contributed by atoms with van der Waals surface area (Å²) in [5.74, 6) is 0.383. The maximum Gasteiger partial charge on any atom is 0.336 e. The van der Waals surface area contributed by atoms with Crippen LogP contribution < -0.4 is 10.9 Å². The Hall–Kier alpha value is -2.63. The van der Waals surface area contributed by atoms with Crippen LogP contribution in [0.15, 0.2) is 27.4 Å². The van der Waals surface area contributed by atoms with Gasteiger partial charge in [-0.05, 0) is 85.1 Å². The van der Waals surface area contributed by atoms with Crippen molar-refractivity contribution < 1.29 is 14.0 Å². The van der Waals surface area contributed by atoms with Gasteiger partial charge in [0, 0.05) is 11.5 Å². The number of rotatable bonds is 2. The molecule has 0 bridgehead atoms. The average molecular weight is 423 g/mol. The van der Waals surface area contributed by atoms with Gasteiger partial charge in [0.25, 0.3) is 5.91 Å². The van der Waals surface area contributed by atoms with Crippen molar-refractivity contribution in [3.63, 3.8) is 0 Å². The topological polar surface area (TPSA) is 79.6 Å². The number of hydrogen-bond donors (Lipinski definition) is 1. The van der Waals surface area contributed by atoms with Crippen molar-refractivity contribution in [2.45, 2.75) is 77.8 Å². The standard InChI is InChI=1S/C25H30N2O4/c1-24(2,3)18-7-9-25(10-8-18)22(29)27(23(30)26-25)14-17-13-21(28)31-20-12-16-6-4-5-15(16)11-19(17)20/h11-13,18H,4-10,14H2,1-3H3,(H,26,30). The molecule has 1 aromatic carbocycles. The molecule has 2 heterocycles. The van der Waals surface area contributed by atoms with E-state index in [0.717, 1.165) is 37.5 Å². The van der Waals surface area contributed by atoms with E-state index in [2.05, 4.69) is 32.2 Å². The fraction of sp³-hybridized carbons (Fsp3) is 0.560. The van der Waals surface area contributed by atoms with Gasteiger partial charge in [-0.1, -0.05) is 20.8 Å². The molecule has 0 atom stereocenters. The first-order valence-corrected chi connectivity index (χ1v) is 11.4. The molecule has 1 aromatic heterocycles. The van der Waals surface area contributed by atoms with E-state index >= 15 is 0 Å². The lowest BCUT2D eigenvalue weighted by Crippen LogP contribution is -2.50. The molecule has 5 rings (SSSR count). The number of benzene rings is 1. The Morgan fingerprint density at radius 2 is 1.74 bits per heavy atom. The summed E-state index contributed by atoms with van der Waals surface area (Å²) >= 11 is 0. The molecule has 0 radical (unpaired) electrons. The highest BCUT2D eigenvalue weighted by Crippen LogP contribution is 2.43. The number of urea groups is 1. The first kappa shape index (κ1) is 20.3. The Morgan fingerprint density at radius 3 is 2.42 bits per heavy atom. The van der Waals surface area contributed by atoms with Crippen molar-refractivity contribution in [3.8, 4) is 0 Å². The predicted molar refractivity (Wildman–Crippen MR) is 118 cm³/mol. The third-order valence-corrected chi connectivity index (χ3v) is 7.68. The van der Waals surface area contributed by atoms with Gasteiger partial charge in [0.2, 0.25) is 0 Å². The van der Waals surface area contributed by atoms with Crippen LogP contribution in [0.2, 0.25) is 0 Å². The van der Waals surface area contributed by atoms with Crippen molar-refractivity contribution in [1.29, 1.82) is 0 Å². The molecule has 0 unspecified atom stereocenters. The van der Waals surface area contributed by atoms with Gasteiger partial charge in [-0.2, -0.15) is 0 Å². The summed E-state index contributed by atoms with van der Waals surface area (Å²) in [6.45, 7) is 6.80. The van der Waals surface area contributed by atoms with Crippen LogP contribution >= 0.6 is 0 Å². The highest BCUT2D eigenvalue weighted by Gasteiger charge is 2.53. The maximum absolute atomic E-state index is 13.4. The fourth-order valence-electron chi connectivity index (χ4n) is 5.73. The molecule has 2 aliphatic carbocycles. The quantitative estimate of drug-likeness (QED) is 0.578. The second-order valence-corrected chi connectivity index (χ2v) is 10.6. The van der Waals surface area contributed by atoms with Crippen LogP contribution in [0.25, 0.3) is 11.0 Å². The summed E-state index contributed by atoms with van der Waals surface area (Å²) in [5.41, 5.74) is 2.64. The second kappa shape index (κ2) is 6.94. The normalized spacial score (nSPS) is 26.0. The van der Waals surface area contributed by atoms with Gasteiger partial charge in [0.1, 0.15) is 11.1 Å². The number of amides is 3. The lowest BCUT2D eigenvalue weighted by atomic mass is 9.67. The number of nitrogens with zero attached hydrogens (tertiary/aromatic N) is 1. The third kappa shape index (κ3) is 3.36. The first-order valence-electron chi connectivity index (χ1n) is 11.4. The van der Waals surface area contributed by atoms with Crippen molar-refractivity contribution in [2.24, 2.45) is 11.3 Å². The van der Waals surface area contributed by atoms with E-state index in [-0.39, 0.29) is 23.9 Å². The van der Waals surface area contributed by atoms with Crippen molar-refractivity contribution in [3.05, 3.63) is 45.3 Å². The predicted octanol–water partition coefficient (Wildman–Crippen LogP) is 4.31. The van der Waals surface area contributed by atoms with Crippen LogP contribution in [0.4, 0.5) is 4.79 Å². The zero-order valence-electron chi connectivity index (χ0n) is 18.5. The molecular weight excluding hydrogens is 392 g/mol. The van der Waals surface area contributed by atoms with E-state index in [1.165, 1.54) is 22.1 Å². The van der Waals surface area contributed by atoms with E-state index in [0.29, 0.717) is 29.9 Å². The molecule has 1 aliphatic heterocycles. The monoisotopic (exact) mass is 422 g/mol. The van der Waals surface area contributed by atoms with E-state index in [1.807, 2.05) is 6.07 Å². The molecule has 31 heavy (non-hydrogen) atoms. The first-order chi connectivity index (χ1) is 14.7. The van der Waals surface area contributed by atoms with Gasteiger partial charge >= 0.3 is 11.7 Å². The summed E-state index contributed by atoms with van der Waals surface area (Å²) in [5, 5.41) is 3.82. The van der Waals surface area contributed by atoms with E-state index in [4.69, 9.17) is 4.42 Å². The number of hydrogen-bond acceptors (Lipinski definition) is 4. The minimum atomic E-state index is -0.796. The maximum atomic E-state index is 13.4. The number of imide groups is 1. The summed E-state index contributed by atoms with van der Waals surface area (Å²) in [4.78, 5) is 39.7. The number of carbonyl (C=O) groups is 2. The van der Waals surface area contributed by atoms with Gasteiger partial charge in [-0.3, -0.25) is 9.69 Å². The largest absolute Gasteiger partial charge is 0.423 e. The fourth-order valence-corrected chi connectivity index (χ4v) is 5.73. The Balaban J connectivity index is 1.43. The molecule has 6 heteroatoms. The summed E-state index contributed by atoms with van der Waals surface area (Å²) < 4.78 is 5.44. The van der Waals surface area contributed by atoms with Gasteiger partial charge in [0.05, 0.1) is 6.54 Å². The second-order valence-electron chi connectivity index (χ2n) is 10.6. The number of carbonyl (C=O) groups excluding carboxylic acids is 2. The van der Waals surface area contributed by atoms with Crippen molar-refractivity contribution >= 4 is 22.9 Å². The van der Waals surface area contributed by atoms with Gasteiger partial charge in [0.15, 0.2) is 0 Å². The third-order valence-electron chi connectivity index (χ3n) is 7.68. The van der Waals surface area contributed by atoms with Crippen LogP contribution in [0.3, 0.4) is 0 Å². The molecule has 2 aromatic rings. The number of nitrogens with one attached hydrogen (secondary N) is 1. The lowest BCUT2D eigenvalue weighted by Gasteiger charge is -2.40. The van der Waals surface area contributed by atoms with Gasteiger partial charge < -0.3 is 9.73 Å². The summed E-state index contributed by atoms with van der Waals surface area (Å²) in [7, 11) is 0. The molecule has 3 amide bonds. The van der Waals surface area contributed by atoms with Crippen LogP contribution in [0, 0.1) is 11.3 Å². The Bertz CT molecular complexity index is 1130. The minimum absolute atomic E-state index is 0.0933. The average Bonchev–Trinajstić information content (AvgIpc) is 3.24. The molecule has 6 nitrogen and oxygen atoms in total. The number of aryl methyl sites for hydroxylation is 2. The van der Waals surface area contributed by atoms with E-state index in [9.17, 15) is 14.4 Å². The number of fused-ring (bicyclic) bond motifs is 2. The molecule has 1 N–H and O–H groups in total. The molecule has 1 saturated heterocycles. The van der Waals surface area contributed by atoms with Crippen LogP contribution in [-0.4, -0.2) is 22.4 Å². The SMILES string of the molecule is CC(C)(C)C1CCC2(CC1)NC(=O)N(Cc1cc(=O)oc3cc4c(cc13)CCC4)C2=O. The molecule has 164 valence electrons. The molecular formula is C25H30N2O4. The van der Waals surface area contributed by atoms with E-state index in [1.54, 1.807) is 0 Å². The smallest absolute Gasteiger partial charge is 0.336 e. The Kier molecular flexibility index (Phi) is 4.54. The highest BCUT2D eigenvalue weighted by atomic mass is 16.4. The molecule has 1 saturated carbocycles. The molecule has 2 fully saturated rings. The lowest BCUT2D eigenvalue weighted by molar-refractivity contribution is -0.133. The summed E-state index contributed by atoms with van der Waals surface area (Å²) in [6, 6.07) is 5.08. The molecule has 1 spiro atoms. The van der Waals surface area contributed by atoms with Crippen molar-refractivity contribution in [2.75, 3.05) is 0 Å². The van der Waals surface area contributed by atoms with Gasteiger partial charge in [-0.15, -0.1) is 0 Å². The molecule has 3 aliphatic rings. The summed E-state index contributed by atoms with van der Waals surface area (Å²) in [6.07, 6.45) is 6.27. The van der Waals surface area contributed by atoms with E-state index < -0.39 is 11.2 Å². The zero-order chi connectivity index (χ0) is 22.0. The van der Waals surface area contributed by atoms with Crippen molar-refractivity contribution in [1.82, 2.24) is 10.2 Å². The Morgan fingerprint density at radius 1 is 1.06 bits per heavy atom.